The fourth-order valence-electron chi connectivity index (χ4n) is 2.17. The van der Waals surface area contributed by atoms with Gasteiger partial charge in [0.1, 0.15) is 11.6 Å². The number of rotatable bonds is 5. The quantitative estimate of drug-likeness (QED) is 0.796. The number of aryl methyl sites for hydroxylation is 3. The Hall–Kier alpha value is -1.96. The van der Waals surface area contributed by atoms with Crippen LogP contribution >= 0.6 is 0 Å². The normalized spacial score (nSPS) is 10.6. The third-order valence-electron chi connectivity index (χ3n) is 3.51. The Kier molecular flexibility index (Phi) is 4.67. The highest BCUT2D eigenvalue weighted by Gasteiger charge is 2.07. The summed E-state index contributed by atoms with van der Waals surface area (Å²) < 4.78 is 13.2. The highest BCUT2D eigenvalue weighted by atomic mass is 19.1. The largest absolute Gasteiger partial charge is 0.299 e. The van der Waals surface area contributed by atoms with Crippen LogP contribution in [-0.4, -0.2) is 5.78 Å². The molecule has 20 heavy (non-hydrogen) atoms. The van der Waals surface area contributed by atoms with E-state index in [-0.39, 0.29) is 11.6 Å². The van der Waals surface area contributed by atoms with E-state index in [1.165, 1.54) is 23.3 Å². The van der Waals surface area contributed by atoms with Crippen molar-refractivity contribution in [3.05, 3.63) is 70.5 Å². The minimum Gasteiger partial charge on any atom is -0.299 e. The van der Waals surface area contributed by atoms with Crippen LogP contribution in [-0.2, 0) is 17.6 Å². The van der Waals surface area contributed by atoms with Gasteiger partial charge in [0.25, 0.3) is 0 Å². The lowest BCUT2D eigenvalue weighted by Crippen LogP contribution is -2.06. The Morgan fingerprint density at radius 1 is 1.05 bits per heavy atom. The molecule has 0 aliphatic rings. The van der Waals surface area contributed by atoms with Crippen molar-refractivity contribution in [1.29, 1.82) is 0 Å². The van der Waals surface area contributed by atoms with Crippen LogP contribution in [0.4, 0.5) is 4.39 Å². The Labute approximate surface area is 119 Å². The number of carbonyl (C=O) groups is 1. The fraction of sp³-hybridized carbons (Fsp3) is 0.278. The molecule has 0 saturated carbocycles. The summed E-state index contributed by atoms with van der Waals surface area (Å²) in [6.45, 7) is 3.95. The Morgan fingerprint density at radius 2 is 1.75 bits per heavy atom. The second kappa shape index (κ2) is 6.47. The number of hydrogen-bond acceptors (Lipinski definition) is 1. The van der Waals surface area contributed by atoms with Crippen molar-refractivity contribution >= 4 is 5.78 Å². The third kappa shape index (κ3) is 4.02. The van der Waals surface area contributed by atoms with Crippen molar-refractivity contribution in [2.45, 2.75) is 33.1 Å². The summed E-state index contributed by atoms with van der Waals surface area (Å²) in [6, 6.07) is 12.8. The van der Waals surface area contributed by atoms with E-state index in [0.29, 0.717) is 12.8 Å². The topological polar surface area (TPSA) is 17.1 Å². The van der Waals surface area contributed by atoms with Gasteiger partial charge in [-0.2, -0.15) is 0 Å². The zero-order valence-electron chi connectivity index (χ0n) is 11.9. The van der Waals surface area contributed by atoms with E-state index >= 15 is 0 Å². The minimum atomic E-state index is -0.281. The first-order chi connectivity index (χ1) is 9.54. The summed E-state index contributed by atoms with van der Waals surface area (Å²) in [5, 5.41) is 0. The molecule has 0 aromatic heterocycles. The van der Waals surface area contributed by atoms with Gasteiger partial charge in [0.05, 0.1) is 0 Å². The molecule has 1 nitrogen and oxygen atoms in total. The van der Waals surface area contributed by atoms with Gasteiger partial charge in [-0.15, -0.1) is 0 Å². The molecule has 2 rings (SSSR count). The lowest BCUT2D eigenvalue weighted by atomic mass is 9.99. The zero-order chi connectivity index (χ0) is 14.5. The number of carbonyl (C=O) groups excluding carboxylic acids is 1. The average Bonchev–Trinajstić information content (AvgIpc) is 2.42. The predicted molar refractivity (Wildman–Crippen MR) is 79.3 cm³/mol. The molecule has 0 saturated heterocycles. The molecular weight excluding hydrogens is 251 g/mol. The molecule has 0 bridgehead atoms. The van der Waals surface area contributed by atoms with E-state index in [1.807, 2.05) is 13.8 Å². The van der Waals surface area contributed by atoms with E-state index in [9.17, 15) is 9.18 Å². The van der Waals surface area contributed by atoms with Gasteiger partial charge >= 0.3 is 0 Å². The fourth-order valence-corrected chi connectivity index (χ4v) is 2.17. The van der Waals surface area contributed by atoms with Crippen molar-refractivity contribution in [3.63, 3.8) is 0 Å². The number of halogens is 1. The van der Waals surface area contributed by atoms with Crippen molar-refractivity contribution in [2.24, 2.45) is 0 Å². The molecule has 0 N–H and O–H groups in total. The molecule has 0 heterocycles. The minimum absolute atomic E-state index is 0.152. The standard InChI is InChI=1S/C18H19FO/c1-13-3-6-15(7-4-13)8-10-18(20)12-16-11-17(19)9-5-14(16)2/h3-7,9,11H,8,10,12H2,1-2H3. The van der Waals surface area contributed by atoms with E-state index in [1.54, 1.807) is 6.07 Å². The highest BCUT2D eigenvalue weighted by Crippen LogP contribution is 2.13. The van der Waals surface area contributed by atoms with Crippen LogP contribution in [0.3, 0.4) is 0 Å². The van der Waals surface area contributed by atoms with E-state index in [4.69, 9.17) is 0 Å². The molecular formula is C18H19FO. The van der Waals surface area contributed by atoms with Crippen LogP contribution in [0.25, 0.3) is 0 Å². The monoisotopic (exact) mass is 270 g/mol. The number of Topliss-reactive ketones (excluding diaryl/α,β-unsaturated/α-hetero) is 1. The predicted octanol–water partition coefficient (Wildman–Crippen LogP) is 4.19. The van der Waals surface area contributed by atoms with Crippen LogP contribution in [0.15, 0.2) is 42.5 Å². The van der Waals surface area contributed by atoms with Crippen molar-refractivity contribution in [3.8, 4) is 0 Å². The summed E-state index contributed by atoms with van der Waals surface area (Å²) in [5.74, 6) is -0.129. The first-order valence-corrected chi connectivity index (χ1v) is 6.87. The van der Waals surface area contributed by atoms with Gasteiger partial charge in [0.15, 0.2) is 0 Å². The van der Waals surface area contributed by atoms with Crippen molar-refractivity contribution < 1.29 is 9.18 Å². The SMILES string of the molecule is Cc1ccc(CCC(=O)Cc2cc(F)ccc2C)cc1. The molecule has 2 aromatic rings. The first-order valence-electron chi connectivity index (χ1n) is 6.87. The maximum absolute atomic E-state index is 13.2. The first kappa shape index (κ1) is 14.4. The highest BCUT2D eigenvalue weighted by molar-refractivity contribution is 5.81. The Bertz CT molecular complexity index is 599. The number of benzene rings is 2. The lowest BCUT2D eigenvalue weighted by molar-refractivity contribution is -0.118. The van der Waals surface area contributed by atoms with Crippen LogP contribution in [0.5, 0.6) is 0 Å². The van der Waals surface area contributed by atoms with Gasteiger partial charge < -0.3 is 0 Å². The van der Waals surface area contributed by atoms with Gasteiger partial charge in [0, 0.05) is 12.8 Å². The Balaban J connectivity index is 1.92. The van der Waals surface area contributed by atoms with Gasteiger partial charge in [-0.3, -0.25) is 4.79 Å². The molecule has 0 radical (unpaired) electrons. The van der Waals surface area contributed by atoms with E-state index in [0.717, 1.165) is 17.5 Å². The van der Waals surface area contributed by atoms with Gasteiger partial charge in [0.2, 0.25) is 0 Å². The van der Waals surface area contributed by atoms with E-state index < -0.39 is 0 Å². The van der Waals surface area contributed by atoms with Crippen LogP contribution in [0.1, 0.15) is 28.7 Å². The lowest BCUT2D eigenvalue weighted by Gasteiger charge is -2.06. The maximum Gasteiger partial charge on any atom is 0.137 e. The summed E-state index contributed by atoms with van der Waals surface area (Å²) in [5.41, 5.74) is 4.14. The molecule has 0 fully saturated rings. The van der Waals surface area contributed by atoms with Crippen LogP contribution < -0.4 is 0 Å². The second-order valence-corrected chi connectivity index (χ2v) is 5.27. The van der Waals surface area contributed by atoms with Crippen molar-refractivity contribution in [2.75, 3.05) is 0 Å². The third-order valence-corrected chi connectivity index (χ3v) is 3.51. The molecule has 0 amide bonds. The molecule has 104 valence electrons. The Morgan fingerprint density at radius 3 is 2.45 bits per heavy atom. The summed E-state index contributed by atoms with van der Waals surface area (Å²) in [7, 11) is 0. The molecule has 2 heteroatoms. The molecule has 0 aliphatic carbocycles. The van der Waals surface area contributed by atoms with Gasteiger partial charge in [-0.05, 0) is 49.1 Å². The van der Waals surface area contributed by atoms with Gasteiger partial charge in [-0.25, -0.2) is 4.39 Å². The summed E-state index contributed by atoms with van der Waals surface area (Å²) in [6.07, 6.45) is 1.56. The molecule has 0 spiro atoms. The summed E-state index contributed by atoms with van der Waals surface area (Å²) >= 11 is 0. The molecule has 0 unspecified atom stereocenters. The van der Waals surface area contributed by atoms with Gasteiger partial charge in [-0.1, -0.05) is 35.9 Å². The molecule has 0 atom stereocenters. The second-order valence-electron chi connectivity index (χ2n) is 5.27. The average molecular weight is 270 g/mol. The smallest absolute Gasteiger partial charge is 0.137 e. The molecule has 0 aliphatic heterocycles. The number of hydrogen-bond donors (Lipinski definition) is 0. The van der Waals surface area contributed by atoms with Crippen molar-refractivity contribution in [1.82, 2.24) is 0 Å². The van der Waals surface area contributed by atoms with E-state index in [2.05, 4.69) is 24.3 Å². The number of ketones is 1. The van der Waals surface area contributed by atoms with Crippen LogP contribution in [0, 0.1) is 19.7 Å². The summed E-state index contributed by atoms with van der Waals surface area (Å²) in [4.78, 5) is 12.0. The maximum atomic E-state index is 13.2. The zero-order valence-corrected chi connectivity index (χ0v) is 11.9. The molecule has 2 aromatic carbocycles. The van der Waals surface area contributed by atoms with Crippen LogP contribution in [0.2, 0.25) is 0 Å².